The number of pyridine rings is 2. The van der Waals surface area contributed by atoms with E-state index in [1.807, 2.05) is 0 Å². The minimum absolute atomic E-state index is 0.0234. The number of carbonyl (C=O) groups excluding carboxylic acids is 2. The largest absolute Gasteiger partial charge is 0.319 e. The van der Waals surface area contributed by atoms with Gasteiger partial charge in [-0.05, 0) is 87.2 Å². The molecule has 0 bridgehead atoms. The van der Waals surface area contributed by atoms with Crippen molar-refractivity contribution in [2.75, 3.05) is 10.6 Å². The van der Waals surface area contributed by atoms with Crippen LogP contribution in [-0.2, 0) is 10.2 Å². The second kappa shape index (κ2) is 10.6. The van der Waals surface area contributed by atoms with Crippen LogP contribution in [0.4, 0.5) is 15.9 Å². The van der Waals surface area contributed by atoms with E-state index < -0.39 is 17.1 Å². The summed E-state index contributed by atoms with van der Waals surface area (Å²) in [6.45, 7) is 5.15. The van der Waals surface area contributed by atoms with Crippen molar-refractivity contribution in [2.24, 2.45) is 5.92 Å². The average Bonchev–Trinajstić information content (AvgIpc) is 3.81. The van der Waals surface area contributed by atoms with Crippen LogP contribution in [-0.4, -0.2) is 32.0 Å². The van der Waals surface area contributed by atoms with Crippen molar-refractivity contribution in [2.45, 2.75) is 39.0 Å². The van der Waals surface area contributed by atoms with Gasteiger partial charge in [-0.2, -0.15) is 15.5 Å². The maximum Gasteiger partial charge on any atom is 0.255 e. The first-order valence-corrected chi connectivity index (χ1v) is 12.7. The maximum atomic E-state index is 15.0. The van der Waals surface area contributed by atoms with E-state index in [4.69, 9.17) is 0 Å². The molecule has 2 amide bonds. The molecule has 2 N–H and O–H groups in total. The number of nitrogens with zero attached hydrogens (tertiary/aromatic N) is 5. The normalized spacial score (nSPS) is 12.9. The maximum absolute atomic E-state index is 15.0. The molecular weight excluding hydrogens is 509 g/mol. The first-order chi connectivity index (χ1) is 19.1. The predicted octanol–water partition coefficient (Wildman–Crippen LogP) is 5.45. The van der Waals surface area contributed by atoms with E-state index in [-0.39, 0.29) is 23.1 Å². The molecule has 4 aromatic rings. The summed E-state index contributed by atoms with van der Waals surface area (Å²) in [4.78, 5) is 33.6. The van der Waals surface area contributed by atoms with E-state index in [9.17, 15) is 19.2 Å². The second-order valence-corrected chi connectivity index (χ2v) is 10.3. The van der Waals surface area contributed by atoms with Gasteiger partial charge in [-0.25, -0.2) is 9.37 Å². The molecule has 10 heteroatoms. The highest BCUT2D eigenvalue weighted by molar-refractivity contribution is 6.04. The van der Waals surface area contributed by atoms with Crippen LogP contribution in [0.3, 0.4) is 0 Å². The smallest absolute Gasteiger partial charge is 0.255 e. The molecule has 3 heterocycles. The van der Waals surface area contributed by atoms with Crippen LogP contribution in [0.5, 0.6) is 0 Å². The van der Waals surface area contributed by atoms with Crippen molar-refractivity contribution in [1.29, 1.82) is 5.26 Å². The zero-order chi connectivity index (χ0) is 28.4. The molecule has 1 saturated carbocycles. The van der Waals surface area contributed by atoms with Crippen LogP contribution in [0.1, 0.15) is 48.3 Å². The molecule has 1 aliphatic carbocycles. The average molecular weight is 536 g/mol. The Hall–Kier alpha value is -5.04. The van der Waals surface area contributed by atoms with Gasteiger partial charge in [-0.1, -0.05) is 0 Å². The Bertz CT molecular complexity index is 1680. The van der Waals surface area contributed by atoms with Gasteiger partial charge in [0, 0.05) is 35.0 Å². The van der Waals surface area contributed by atoms with Crippen LogP contribution in [0, 0.1) is 30.0 Å². The number of aryl methyl sites for hydroxylation is 1. The molecule has 200 valence electrons. The number of nitrogens with one attached hydrogen (secondary N) is 2. The fourth-order valence-electron chi connectivity index (χ4n) is 4.12. The molecular formula is C30H26FN7O2. The fraction of sp³-hybridized carbons (Fsp3) is 0.233. The Labute approximate surface area is 230 Å². The summed E-state index contributed by atoms with van der Waals surface area (Å²) in [6.07, 6.45) is 6.44. The van der Waals surface area contributed by atoms with Gasteiger partial charge in [0.1, 0.15) is 11.6 Å². The summed E-state index contributed by atoms with van der Waals surface area (Å²) in [7, 11) is 0. The summed E-state index contributed by atoms with van der Waals surface area (Å²) in [6, 6.07) is 13.4. The minimum Gasteiger partial charge on any atom is -0.319 e. The Morgan fingerprint density at radius 3 is 2.55 bits per heavy atom. The number of halogens is 1. The molecule has 5 rings (SSSR count). The third kappa shape index (κ3) is 5.68. The molecule has 0 spiro atoms. The molecule has 0 aliphatic heterocycles. The van der Waals surface area contributed by atoms with Gasteiger partial charge in [-0.3, -0.25) is 14.6 Å². The van der Waals surface area contributed by atoms with Crippen LogP contribution < -0.4 is 10.6 Å². The van der Waals surface area contributed by atoms with E-state index in [0.29, 0.717) is 28.3 Å². The van der Waals surface area contributed by atoms with E-state index in [1.54, 1.807) is 51.4 Å². The highest BCUT2D eigenvalue weighted by Gasteiger charge is 2.30. The summed E-state index contributed by atoms with van der Waals surface area (Å²) in [5.74, 6) is -0.667. The molecule has 40 heavy (non-hydrogen) atoms. The first-order valence-electron chi connectivity index (χ1n) is 12.7. The molecule has 1 aliphatic rings. The first kappa shape index (κ1) is 26.6. The highest BCUT2D eigenvalue weighted by Crippen LogP contribution is 2.32. The van der Waals surface area contributed by atoms with Gasteiger partial charge in [0.25, 0.3) is 5.91 Å². The van der Waals surface area contributed by atoms with Crippen LogP contribution in [0.15, 0.2) is 61.1 Å². The number of rotatable bonds is 7. The number of hydrogen-bond donors (Lipinski definition) is 2. The van der Waals surface area contributed by atoms with E-state index in [0.717, 1.165) is 24.0 Å². The molecule has 1 aromatic carbocycles. The number of anilines is 2. The Kier molecular flexibility index (Phi) is 7.05. The van der Waals surface area contributed by atoms with Crippen molar-refractivity contribution in [3.63, 3.8) is 0 Å². The third-order valence-corrected chi connectivity index (χ3v) is 6.73. The molecule has 0 radical (unpaired) electrons. The molecule has 9 nitrogen and oxygen atoms in total. The lowest BCUT2D eigenvalue weighted by Crippen LogP contribution is -2.19. The van der Waals surface area contributed by atoms with Crippen molar-refractivity contribution < 1.29 is 14.0 Å². The van der Waals surface area contributed by atoms with Crippen molar-refractivity contribution >= 4 is 23.3 Å². The minimum atomic E-state index is -0.888. The number of nitriles is 1. The number of hydrogen-bond acceptors (Lipinski definition) is 7. The quantitative estimate of drug-likeness (QED) is 0.321. The number of aromatic nitrogens is 4. The molecule has 3 aromatic heterocycles. The highest BCUT2D eigenvalue weighted by atomic mass is 19.1. The number of amides is 2. The summed E-state index contributed by atoms with van der Waals surface area (Å²) in [5, 5.41) is 23.3. The van der Waals surface area contributed by atoms with Gasteiger partial charge in [0.15, 0.2) is 0 Å². The zero-order valence-corrected chi connectivity index (χ0v) is 22.2. The molecule has 0 unspecified atom stereocenters. The van der Waals surface area contributed by atoms with Gasteiger partial charge in [-0.15, -0.1) is 0 Å². The Morgan fingerprint density at radius 1 is 1.02 bits per heavy atom. The van der Waals surface area contributed by atoms with Gasteiger partial charge < -0.3 is 10.6 Å². The predicted molar refractivity (Wildman–Crippen MR) is 148 cm³/mol. The Morgan fingerprint density at radius 2 is 1.80 bits per heavy atom. The fourth-order valence-corrected chi connectivity index (χ4v) is 4.12. The molecule has 0 atom stereocenters. The summed E-state index contributed by atoms with van der Waals surface area (Å²) >= 11 is 0. The van der Waals surface area contributed by atoms with E-state index >= 15 is 0 Å². The van der Waals surface area contributed by atoms with Crippen molar-refractivity contribution in [1.82, 2.24) is 20.2 Å². The summed E-state index contributed by atoms with van der Waals surface area (Å²) < 4.78 is 15.0. The topological polar surface area (TPSA) is 134 Å². The van der Waals surface area contributed by atoms with Crippen molar-refractivity contribution in [3.8, 4) is 28.5 Å². The molecule has 0 saturated heterocycles. The van der Waals surface area contributed by atoms with Crippen LogP contribution in [0.25, 0.3) is 22.4 Å². The number of benzene rings is 1. The number of carbonyl (C=O) groups is 2. The van der Waals surface area contributed by atoms with Gasteiger partial charge >= 0.3 is 0 Å². The van der Waals surface area contributed by atoms with Crippen LogP contribution >= 0.6 is 0 Å². The zero-order valence-electron chi connectivity index (χ0n) is 22.2. The lowest BCUT2D eigenvalue weighted by atomic mass is 9.90. The van der Waals surface area contributed by atoms with E-state index in [2.05, 4.69) is 36.9 Å². The lowest BCUT2D eigenvalue weighted by molar-refractivity contribution is -0.117. The Balaban J connectivity index is 1.42. The standard InChI is InChI=1S/C30H26FN7O2/c1-17-10-23(31)25(36-29(40)20-7-8-33-26(12-20)30(2,3)16-32)14-22(17)24-11-21(15-35-38-24)19-6-9-34-27(13-19)37-28(39)18-4-5-18/h6-15,18H,4-5H2,1-3H3,(H,36,40)(H,34,37,39). The van der Waals surface area contributed by atoms with Gasteiger partial charge in [0.2, 0.25) is 5.91 Å². The second-order valence-electron chi connectivity index (χ2n) is 10.3. The third-order valence-electron chi connectivity index (χ3n) is 6.73. The SMILES string of the molecule is Cc1cc(F)c(NC(=O)c2ccnc(C(C)(C)C#N)c2)cc1-c1cc(-c2ccnc(NC(=O)C3CC3)c2)cnn1. The van der Waals surface area contributed by atoms with Crippen molar-refractivity contribution in [3.05, 3.63) is 83.7 Å². The molecule has 1 fully saturated rings. The van der Waals surface area contributed by atoms with Crippen LogP contribution in [0.2, 0.25) is 0 Å². The lowest BCUT2D eigenvalue weighted by Gasteiger charge is -2.15. The van der Waals surface area contributed by atoms with E-state index in [1.165, 1.54) is 30.5 Å². The monoisotopic (exact) mass is 535 g/mol. The van der Waals surface area contributed by atoms with Gasteiger partial charge in [0.05, 0.1) is 34.8 Å². The summed E-state index contributed by atoms with van der Waals surface area (Å²) in [5.41, 5.74) is 2.95.